The van der Waals surface area contributed by atoms with E-state index in [2.05, 4.69) is 4.52 Å². The van der Waals surface area contributed by atoms with Gasteiger partial charge in [-0.05, 0) is 12.0 Å². The summed E-state index contributed by atoms with van der Waals surface area (Å²) in [5, 5.41) is 0. The van der Waals surface area contributed by atoms with Crippen LogP contribution in [0.4, 0.5) is 0 Å². The molecule has 0 aliphatic heterocycles. The first-order chi connectivity index (χ1) is 5.79. The zero-order valence-electron chi connectivity index (χ0n) is 6.56. The first kappa shape index (κ1) is 9.46. The number of benzene rings is 1. The van der Waals surface area contributed by atoms with Gasteiger partial charge in [0.2, 0.25) is 0 Å². The molecule has 1 atom stereocenters. The molecule has 0 fully saturated rings. The van der Waals surface area contributed by atoms with Gasteiger partial charge >= 0.3 is 8.25 Å². The summed E-state index contributed by atoms with van der Waals surface area (Å²) in [6.45, 7) is 0.304. The molecule has 1 rings (SSSR count). The predicted octanol–water partition coefficient (Wildman–Crippen LogP) is 1.63. The fraction of sp³-hybridized carbons (Fsp3) is 0.250. The Labute approximate surface area is 71.9 Å². The Bertz CT molecular complexity index is 248. The Balaban J connectivity index is 2.29. The first-order valence-electron chi connectivity index (χ1n) is 3.68. The molecule has 0 spiro atoms. The van der Waals surface area contributed by atoms with Crippen LogP contribution in [0.1, 0.15) is 5.56 Å². The Morgan fingerprint density at radius 2 is 2.00 bits per heavy atom. The predicted molar refractivity (Wildman–Crippen MR) is 47.3 cm³/mol. The molecule has 1 aromatic carbocycles. The highest BCUT2D eigenvalue weighted by atomic mass is 31.1. The summed E-state index contributed by atoms with van der Waals surface area (Å²) in [6.07, 6.45) is 0.678. The van der Waals surface area contributed by atoms with Crippen LogP contribution in [0.15, 0.2) is 30.3 Å². The van der Waals surface area contributed by atoms with Crippen molar-refractivity contribution in [3.63, 3.8) is 0 Å². The molecule has 0 saturated heterocycles. The molecule has 0 heterocycles. The van der Waals surface area contributed by atoms with Gasteiger partial charge < -0.3 is 9.42 Å². The van der Waals surface area contributed by atoms with Crippen molar-refractivity contribution in [1.29, 1.82) is 0 Å². The molecule has 1 aromatic rings. The number of rotatable bonds is 4. The molecule has 0 aliphatic rings. The SMILES string of the molecule is O=[PH](O)OCCc1ccccc1. The minimum absolute atomic E-state index is 0.304. The van der Waals surface area contributed by atoms with Crippen LogP contribution in [-0.2, 0) is 15.5 Å². The van der Waals surface area contributed by atoms with E-state index in [0.717, 1.165) is 5.56 Å². The van der Waals surface area contributed by atoms with Crippen LogP contribution in [0.2, 0.25) is 0 Å². The zero-order valence-corrected chi connectivity index (χ0v) is 7.56. The molecule has 3 nitrogen and oxygen atoms in total. The lowest BCUT2D eigenvalue weighted by molar-refractivity contribution is 0.285. The third kappa shape index (κ3) is 3.67. The van der Waals surface area contributed by atoms with Gasteiger partial charge in [0.1, 0.15) is 0 Å². The number of hydrogen-bond donors (Lipinski definition) is 1. The van der Waals surface area contributed by atoms with Gasteiger partial charge in [0.25, 0.3) is 0 Å². The molecule has 1 N–H and O–H groups in total. The summed E-state index contributed by atoms with van der Waals surface area (Å²) >= 11 is 0. The van der Waals surface area contributed by atoms with Crippen LogP contribution in [0.5, 0.6) is 0 Å². The van der Waals surface area contributed by atoms with E-state index in [-0.39, 0.29) is 0 Å². The van der Waals surface area contributed by atoms with E-state index in [9.17, 15) is 4.57 Å². The lowest BCUT2D eigenvalue weighted by atomic mass is 10.2. The molecular weight excluding hydrogens is 175 g/mol. The van der Waals surface area contributed by atoms with Crippen molar-refractivity contribution in [3.8, 4) is 0 Å². The van der Waals surface area contributed by atoms with Gasteiger partial charge in [-0.1, -0.05) is 30.3 Å². The smallest absolute Gasteiger partial charge is 0.316 e. The van der Waals surface area contributed by atoms with Crippen LogP contribution in [0, 0.1) is 0 Å². The van der Waals surface area contributed by atoms with Crippen molar-refractivity contribution in [2.45, 2.75) is 6.42 Å². The van der Waals surface area contributed by atoms with Crippen molar-refractivity contribution in [3.05, 3.63) is 35.9 Å². The second-order valence-corrected chi connectivity index (χ2v) is 3.17. The van der Waals surface area contributed by atoms with E-state index in [1.54, 1.807) is 0 Å². The van der Waals surface area contributed by atoms with Gasteiger partial charge in [-0.2, -0.15) is 0 Å². The van der Waals surface area contributed by atoms with Crippen molar-refractivity contribution in [2.24, 2.45) is 0 Å². The molecule has 0 aliphatic carbocycles. The van der Waals surface area contributed by atoms with Crippen LogP contribution in [-0.4, -0.2) is 11.5 Å². The van der Waals surface area contributed by atoms with Crippen molar-refractivity contribution in [2.75, 3.05) is 6.61 Å². The molecule has 1 unspecified atom stereocenters. The highest BCUT2D eigenvalue weighted by Crippen LogP contribution is 2.14. The quantitative estimate of drug-likeness (QED) is 0.727. The van der Waals surface area contributed by atoms with E-state index >= 15 is 0 Å². The van der Waals surface area contributed by atoms with Crippen LogP contribution < -0.4 is 0 Å². The van der Waals surface area contributed by atoms with Crippen molar-refractivity contribution < 1.29 is 14.0 Å². The van der Waals surface area contributed by atoms with Crippen molar-refractivity contribution >= 4 is 8.25 Å². The lowest BCUT2D eigenvalue weighted by Crippen LogP contribution is -1.92. The van der Waals surface area contributed by atoms with Gasteiger partial charge in [-0.15, -0.1) is 0 Å². The highest BCUT2D eigenvalue weighted by molar-refractivity contribution is 7.32. The summed E-state index contributed by atoms with van der Waals surface area (Å²) in [5.74, 6) is 0. The first-order valence-corrected chi connectivity index (χ1v) is 4.95. The second kappa shape index (κ2) is 5.09. The number of hydrogen-bond acceptors (Lipinski definition) is 2. The van der Waals surface area contributed by atoms with E-state index in [4.69, 9.17) is 4.89 Å². The van der Waals surface area contributed by atoms with E-state index < -0.39 is 8.25 Å². The summed E-state index contributed by atoms with van der Waals surface area (Å²) in [4.78, 5) is 8.35. The van der Waals surface area contributed by atoms with Crippen LogP contribution >= 0.6 is 8.25 Å². The minimum Gasteiger partial charge on any atom is -0.326 e. The summed E-state index contributed by atoms with van der Waals surface area (Å²) in [6, 6.07) is 9.70. The van der Waals surface area contributed by atoms with Gasteiger partial charge in [0.15, 0.2) is 0 Å². The van der Waals surface area contributed by atoms with Crippen molar-refractivity contribution in [1.82, 2.24) is 0 Å². The maximum atomic E-state index is 10.2. The normalized spacial score (nSPS) is 12.8. The Kier molecular flexibility index (Phi) is 4.01. The van der Waals surface area contributed by atoms with E-state index in [1.807, 2.05) is 30.3 Å². The zero-order chi connectivity index (χ0) is 8.81. The van der Waals surface area contributed by atoms with Gasteiger partial charge in [0.05, 0.1) is 6.61 Å². The standard InChI is InChI=1S/C8H11O3P/c9-12(10)11-7-6-8-4-2-1-3-5-8/h1-5,12H,6-7H2,(H,9,10). The van der Waals surface area contributed by atoms with E-state index in [1.165, 1.54) is 0 Å². The average Bonchev–Trinajstić information content (AvgIpc) is 2.05. The maximum Gasteiger partial charge on any atom is 0.316 e. The lowest BCUT2D eigenvalue weighted by Gasteiger charge is -1.99. The molecule has 0 radical (unpaired) electrons. The summed E-state index contributed by atoms with van der Waals surface area (Å²) < 4.78 is 14.7. The van der Waals surface area contributed by atoms with Crippen LogP contribution in [0.3, 0.4) is 0 Å². The second-order valence-electron chi connectivity index (χ2n) is 2.35. The third-order valence-electron chi connectivity index (χ3n) is 1.46. The Morgan fingerprint density at radius 3 is 2.58 bits per heavy atom. The van der Waals surface area contributed by atoms with E-state index in [0.29, 0.717) is 13.0 Å². The molecule has 0 bridgehead atoms. The highest BCUT2D eigenvalue weighted by Gasteiger charge is 1.93. The Hall–Kier alpha value is -0.630. The third-order valence-corrected chi connectivity index (χ3v) is 1.91. The molecule has 0 amide bonds. The summed E-state index contributed by atoms with van der Waals surface area (Å²) in [5.41, 5.74) is 1.11. The molecule has 12 heavy (non-hydrogen) atoms. The molecule has 4 heteroatoms. The molecule has 66 valence electrons. The van der Waals surface area contributed by atoms with Crippen LogP contribution in [0.25, 0.3) is 0 Å². The Morgan fingerprint density at radius 1 is 1.33 bits per heavy atom. The fourth-order valence-electron chi connectivity index (χ4n) is 0.901. The monoisotopic (exact) mass is 186 g/mol. The molecule has 0 saturated carbocycles. The average molecular weight is 186 g/mol. The maximum absolute atomic E-state index is 10.2. The largest absolute Gasteiger partial charge is 0.326 e. The molecular formula is C8H11O3P. The van der Waals surface area contributed by atoms with Gasteiger partial charge in [0, 0.05) is 0 Å². The fourth-order valence-corrected chi connectivity index (χ4v) is 1.18. The molecule has 0 aromatic heterocycles. The minimum atomic E-state index is -2.75. The summed E-state index contributed by atoms with van der Waals surface area (Å²) in [7, 11) is -2.75. The van der Waals surface area contributed by atoms with Gasteiger partial charge in [-0.3, -0.25) is 4.57 Å². The topological polar surface area (TPSA) is 46.5 Å². The van der Waals surface area contributed by atoms with Gasteiger partial charge in [-0.25, -0.2) is 0 Å².